The lowest BCUT2D eigenvalue weighted by atomic mass is 10.1. The van der Waals surface area contributed by atoms with Crippen molar-refractivity contribution >= 4 is 5.91 Å². The van der Waals surface area contributed by atoms with Gasteiger partial charge in [-0.15, -0.1) is 0 Å². The average molecular weight is 256 g/mol. The summed E-state index contributed by atoms with van der Waals surface area (Å²) in [6.45, 7) is 5.56. The number of carbonyl (C=O) groups is 1. The maximum absolute atomic E-state index is 12.1. The molecule has 0 aliphatic heterocycles. The Hall–Kier alpha value is -0.610. The fourth-order valence-electron chi connectivity index (χ4n) is 2.73. The molecule has 1 aliphatic rings. The molecule has 1 fully saturated rings. The Balaban J connectivity index is 2.46. The second-order valence-corrected chi connectivity index (χ2v) is 5.22. The second kappa shape index (κ2) is 8.48. The highest BCUT2D eigenvalue weighted by atomic mass is 16.3. The molecule has 0 aromatic carbocycles. The lowest BCUT2D eigenvalue weighted by Gasteiger charge is -2.33. The van der Waals surface area contributed by atoms with Crippen molar-refractivity contribution in [1.29, 1.82) is 0 Å². The molecule has 0 bridgehead atoms. The van der Waals surface area contributed by atoms with E-state index in [4.69, 9.17) is 5.11 Å². The van der Waals surface area contributed by atoms with Gasteiger partial charge >= 0.3 is 0 Å². The molecular formula is C14H28N2O2. The van der Waals surface area contributed by atoms with Crippen molar-refractivity contribution in [2.24, 2.45) is 0 Å². The van der Waals surface area contributed by atoms with Crippen molar-refractivity contribution < 1.29 is 9.90 Å². The zero-order chi connectivity index (χ0) is 13.4. The Morgan fingerprint density at radius 1 is 1.44 bits per heavy atom. The predicted octanol–water partition coefficient (Wildman–Crippen LogP) is 1.53. The Bertz CT molecular complexity index is 240. The molecule has 0 spiro atoms. The Morgan fingerprint density at radius 3 is 2.67 bits per heavy atom. The first-order valence-corrected chi connectivity index (χ1v) is 7.35. The molecule has 1 unspecified atom stereocenters. The van der Waals surface area contributed by atoms with Gasteiger partial charge < -0.3 is 10.4 Å². The van der Waals surface area contributed by atoms with Crippen molar-refractivity contribution in [1.82, 2.24) is 10.2 Å². The first-order chi connectivity index (χ1) is 8.70. The lowest BCUT2D eigenvalue weighted by molar-refractivity contribution is -0.127. The van der Waals surface area contributed by atoms with Crippen LogP contribution in [0.3, 0.4) is 0 Å². The van der Waals surface area contributed by atoms with E-state index in [0.717, 1.165) is 32.2 Å². The summed E-state index contributed by atoms with van der Waals surface area (Å²) >= 11 is 0. The number of aliphatic hydroxyl groups is 1. The van der Waals surface area contributed by atoms with Crippen LogP contribution < -0.4 is 5.32 Å². The molecule has 4 heteroatoms. The molecule has 2 N–H and O–H groups in total. The van der Waals surface area contributed by atoms with Crippen LogP contribution in [-0.4, -0.2) is 47.7 Å². The number of rotatable bonds is 8. The minimum Gasteiger partial charge on any atom is -0.395 e. The van der Waals surface area contributed by atoms with E-state index in [9.17, 15) is 4.79 Å². The molecule has 4 nitrogen and oxygen atoms in total. The van der Waals surface area contributed by atoms with Crippen molar-refractivity contribution in [2.75, 3.05) is 19.7 Å². The maximum Gasteiger partial charge on any atom is 0.237 e. The molecule has 1 rings (SSSR count). The molecule has 1 aliphatic carbocycles. The van der Waals surface area contributed by atoms with E-state index in [1.54, 1.807) is 0 Å². The van der Waals surface area contributed by atoms with Gasteiger partial charge in [-0.05, 0) is 26.2 Å². The number of amides is 1. The van der Waals surface area contributed by atoms with Gasteiger partial charge in [0, 0.05) is 19.1 Å². The van der Waals surface area contributed by atoms with Crippen molar-refractivity contribution in [3.63, 3.8) is 0 Å². The van der Waals surface area contributed by atoms with E-state index in [-0.39, 0.29) is 18.6 Å². The molecule has 0 aromatic heterocycles. The van der Waals surface area contributed by atoms with Gasteiger partial charge in [0.15, 0.2) is 0 Å². The monoisotopic (exact) mass is 256 g/mol. The normalized spacial score (nSPS) is 18.2. The van der Waals surface area contributed by atoms with Crippen LogP contribution in [0.5, 0.6) is 0 Å². The molecule has 0 radical (unpaired) electrons. The van der Waals surface area contributed by atoms with Crippen LogP contribution >= 0.6 is 0 Å². The molecular weight excluding hydrogens is 228 g/mol. The minimum absolute atomic E-state index is 0.101. The number of nitrogens with zero attached hydrogens (tertiary/aromatic N) is 1. The highest BCUT2D eigenvalue weighted by molar-refractivity contribution is 5.81. The van der Waals surface area contributed by atoms with Crippen LogP contribution in [0.15, 0.2) is 0 Å². The van der Waals surface area contributed by atoms with Crippen molar-refractivity contribution in [2.45, 2.75) is 64.5 Å². The van der Waals surface area contributed by atoms with Crippen molar-refractivity contribution in [3.05, 3.63) is 0 Å². The maximum atomic E-state index is 12.1. The van der Waals surface area contributed by atoms with Crippen LogP contribution in [0.1, 0.15) is 52.4 Å². The van der Waals surface area contributed by atoms with E-state index >= 15 is 0 Å². The summed E-state index contributed by atoms with van der Waals surface area (Å²) in [5, 5.41) is 12.2. The zero-order valence-electron chi connectivity index (χ0n) is 11.8. The van der Waals surface area contributed by atoms with E-state index < -0.39 is 0 Å². The Labute approximate surface area is 111 Å². The first-order valence-electron chi connectivity index (χ1n) is 7.35. The number of aliphatic hydroxyl groups excluding tert-OH is 1. The first kappa shape index (κ1) is 15.4. The molecule has 18 heavy (non-hydrogen) atoms. The largest absolute Gasteiger partial charge is 0.395 e. The standard InChI is InChI=1S/C14H28N2O2/c1-3-4-9-15-14(18)12(2)16(10-11-17)13-7-5-6-8-13/h12-13,17H,3-11H2,1-2H3,(H,15,18). The molecule has 1 saturated carbocycles. The van der Waals surface area contributed by atoms with Gasteiger partial charge in [-0.2, -0.15) is 0 Å². The van der Waals surface area contributed by atoms with Crippen molar-refractivity contribution in [3.8, 4) is 0 Å². The number of carbonyl (C=O) groups excluding carboxylic acids is 1. The molecule has 1 atom stereocenters. The van der Waals surface area contributed by atoms with Crippen LogP contribution in [0.4, 0.5) is 0 Å². The van der Waals surface area contributed by atoms with Gasteiger partial charge in [0.2, 0.25) is 5.91 Å². The Kier molecular flexibility index (Phi) is 7.28. The third kappa shape index (κ3) is 4.58. The van der Waals surface area contributed by atoms with E-state index in [2.05, 4.69) is 17.1 Å². The van der Waals surface area contributed by atoms with Crippen LogP contribution in [-0.2, 0) is 4.79 Å². The molecule has 0 saturated heterocycles. The summed E-state index contributed by atoms with van der Waals surface area (Å²) in [7, 11) is 0. The highest BCUT2D eigenvalue weighted by Gasteiger charge is 2.29. The van der Waals surface area contributed by atoms with Gasteiger partial charge in [0.25, 0.3) is 0 Å². The molecule has 106 valence electrons. The quantitative estimate of drug-likeness (QED) is 0.648. The topological polar surface area (TPSA) is 52.6 Å². The average Bonchev–Trinajstić information content (AvgIpc) is 2.89. The van der Waals surface area contributed by atoms with Gasteiger partial charge in [-0.25, -0.2) is 0 Å². The number of hydrogen-bond acceptors (Lipinski definition) is 3. The molecule has 1 amide bonds. The third-order valence-corrected chi connectivity index (χ3v) is 3.86. The SMILES string of the molecule is CCCCNC(=O)C(C)N(CCO)C1CCCC1. The number of hydrogen-bond donors (Lipinski definition) is 2. The summed E-state index contributed by atoms with van der Waals surface area (Å²) in [4.78, 5) is 14.2. The van der Waals surface area contributed by atoms with Crippen LogP contribution in [0.25, 0.3) is 0 Å². The van der Waals surface area contributed by atoms with E-state index in [0.29, 0.717) is 12.6 Å². The van der Waals surface area contributed by atoms with Gasteiger partial charge in [-0.1, -0.05) is 26.2 Å². The lowest BCUT2D eigenvalue weighted by Crippen LogP contribution is -2.50. The zero-order valence-corrected chi connectivity index (χ0v) is 11.8. The summed E-state index contributed by atoms with van der Waals surface area (Å²) < 4.78 is 0. The molecule has 0 aromatic rings. The fourth-order valence-corrected chi connectivity index (χ4v) is 2.73. The Morgan fingerprint density at radius 2 is 2.11 bits per heavy atom. The van der Waals surface area contributed by atoms with Gasteiger partial charge in [0.05, 0.1) is 12.6 Å². The second-order valence-electron chi connectivity index (χ2n) is 5.22. The highest BCUT2D eigenvalue weighted by Crippen LogP contribution is 2.24. The summed E-state index contributed by atoms with van der Waals surface area (Å²) in [6, 6.07) is 0.348. The fraction of sp³-hybridized carbons (Fsp3) is 0.929. The third-order valence-electron chi connectivity index (χ3n) is 3.86. The summed E-state index contributed by atoms with van der Waals surface area (Å²) in [5.74, 6) is 0.101. The number of nitrogens with one attached hydrogen (secondary N) is 1. The molecule has 0 heterocycles. The van der Waals surface area contributed by atoms with E-state index in [1.165, 1.54) is 12.8 Å². The van der Waals surface area contributed by atoms with Crippen LogP contribution in [0.2, 0.25) is 0 Å². The smallest absolute Gasteiger partial charge is 0.237 e. The predicted molar refractivity (Wildman–Crippen MR) is 73.4 cm³/mol. The minimum atomic E-state index is -0.128. The number of unbranched alkanes of at least 4 members (excludes halogenated alkanes) is 1. The van der Waals surface area contributed by atoms with E-state index in [1.807, 2.05) is 6.92 Å². The van der Waals surface area contributed by atoms with Crippen LogP contribution in [0, 0.1) is 0 Å². The summed E-state index contributed by atoms with van der Waals surface area (Å²) in [5.41, 5.74) is 0. The van der Waals surface area contributed by atoms with Gasteiger partial charge in [0.1, 0.15) is 0 Å². The summed E-state index contributed by atoms with van der Waals surface area (Å²) in [6.07, 6.45) is 6.94. The van der Waals surface area contributed by atoms with Gasteiger partial charge in [-0.3, -0.25) is 9.69 Å².